The molecule has 0 saturated carbocycles. The van der Waals surface area contributed by atoms with Gasteiger partial charge in [-0.25, -0.2) is 4.39 Å². The number of Topliss-reactive ketones (excluding diaryl/α,β-unsaturated/α-hetero) is 1. The molecular formula is C11H13FO3. The van der Waals surface area contributed by atoms with Gasteiger partial charge in [-0.1, -0.05) is 0 Å². The smallest absolute Gasteiger partial charge is 0.189 e. The van der Waals surface area contributed by atoms with E-state index in [0.717, 1.165) is 0 Å². The van der Waals surface area contributed by atoms with Crippen LogP contribution < -0.4 is 4.74 Å². The van der Waals surface area contributed by atoms with E-state index in [4.69, 9.17) is 9.47 Å². The van der Waals surface area contributed by atoms with Gasteiger partial charge in [0, 0.05) is 12.7 Å². The molecule has 15 heavy (non-hydrogen) atoms. The van der Waals surface area contributed by atoms with Crippen molar-refractivity contribution >= 4 is 5.78 Å². The second-order valence-corrected chi connectivity index (χ2v) is 2.95. The number of benzene rings is 1. The average molecular weight is 212 g/mol. The third-order valence-corrected chi connectivity index (χ3v) is 1.83. The maximum Gasteiger partial charge on any atom is 0.189 e. The lowest BCUT2D eigenvalue weighted by atomic mass is 10.1. The van der Waals surface area contributed by atoms with Crippen molar-refractivity contribution in [1.29, 1.82) is 0 Å². The number of rotatable bonds is 5. The summed E-state index contributed by atoms with van der Waals surface area (Å²) in [5, 5.41) is 0. The molecule has 4 heteroatoms. The van der Waals surface area contributed by atoms with E-state index < -0.39 is 5.82 Å². The van der Waals surface area contributed by atoms with Crippen LogP contribution in [0.2, 0.25) is 0 Å². The molecule has 0 fully saturated rings. The van der Waals surface area contributed by atoms with Gasteiger partial charge < -0.3 is 9.47 Å². The first-order chi connectivity index (χ1) is 7.15. The Balaban J connectivity index is 2.69. The topological polar surface area (TPSA) is 35.5 Å². The van der Waals surface area contributed by atoms with Gasteiger partial charge in [-0.05, 0) is 26.0 Å². The molecule has 0 aromatic heterocycles. The van der Waals surface area contributed by atoms with Gasteiger partial charge in [-0.15, -0.1) is 0 Å². The van der Waals surface area contributed by atoms with Crippen LogP contribution in [-0.2, 0) is 4.74 Å². The van der Waals surface area contributed by atoms with E-state index in [9.17, 15) is 9.18 Å². The van der Waals surface area contributed by atoms with Crippen molar-refractivity contribution in [2.75, 3.05) is 13.4 Å². The van der Waals surface area contributed by atoms with E-state index in [1.807, 2.05) is 6.92 Å². The highest BCUT2D eigenvalue weighted by atomic mass is 19.1. The van der Waals surface area contributed by atoms with Crippen molar-refractivity contribution in [2.45, 2.75) is 13.8 Å². The Hall–Kier alpha value is -1.42. The highest BCUT2D eigenvalue weighted by Crippen LogP contribution is 2.16. The van der Waals surface area contributed by atoms with Crippen LogP contribution in [0.5, 0.6) is 5.75 Å². The number of ketones is 1. The summed E-state index contributed by atoms with van der Waals surface area (Å²) in [6, 6.07) is 4.12. The van der Waals surface area contributed by atoms with Gasteiger partial charge in [0.25, 0.3) is 0 Å². The fourth-order valence-corrected chi connectivity index (χ4v) is 1.06. The Bertz CT molecular complexity index is 350. The summed E-state index contributed by atoms with van der Waals surface area (Å²) >= 11 is 0. The fraction of sp³-hybridized carbons (Fsp3) is 0.364. The Kier molecular flexibility index (Phi) is 4.24. The Labute approximate surface area is 87.8 Å². The standard InChI is InChI=1S/C11H13FO3/c1-3-14-7-15-9-4-5-10(8(2)13)11(12)6-9/h4-6H,3,7H2,1-2H3. The second kappa shape index (κ2) is 5.46. The zero-order valence-corrected chi connectivity index (χ0v) is 8.75. The van der Waals surface area contributed by atoms with Crippen LogP contribution in [0.4, 0.5) is 4.39 Å². The maximum absolute atomic E-state index is 13.3. The maximum atomic E-state index is 13.3. The summed E-state index contributed by atoms with van der Waals surface area (Å²) in [7, 11) is 0. The highest BCUT2D eigenvalue weighted by molar-refractivity contribution is 5.94. The number of hydrogen-bond donors (Lipinski definition) is 0. The molecule has 0 unspecified atom stereocenters. The first-order valence-electron chi connectivity index (χ1n) is 4.66. The number of carbonyl (C=O) groups is 1. The van der Waals surface area contributed by atoms with Gasteiger partial charge in [-0.2, -0.15) is 0 Å². The molecular weight excluding hydrogens is 199 g/mol. The Morgan fingerprint density at radius 1 is 1.47 bits per heavy atom. The van der Waals surface area contributed by atoms with E-state index in [2.05, 4.69) is 0 Å². The van der Waals surface area contributed by atoms with Gasteiger partial charge in [-0.3, -0.25) is 4.79 Å². The lowest BCUT2D eigenvalue weighted by Crippen LogP contribution is -2.03. The summed E-state index contributed by atoms with van der Waals surface area (Å²) < 4.78 is 23.3. The first kappa shape index (κ1) is 11.7. The largest absolute Gasteiger partial charge is 0.467 e. The number of carbonyl (C=O) groups excluding carboxylic acids is 1. The monoisotopic (exact) mass is 212 g/mol. The first-order valence-corrected chi connectivity index (χ1v) is 4.66. The minimum absolute atomic E-state index is 0.0683. The zero-order chi connectivity index (χ0) is 11.3. The van der Waals surface area contributed by atoms with Crippen LogP contribution in [0.3, 0.4) is 0 Å². The molecule has 0 radical (unpaired) electrons. The van der Waals surface area contributed by atoms with Crippen LogP contribution >= 0.6 is 0 Å². The van der Waals surface area contributed by atoms with Crippen LogP contribution in [-0.4, -0.2) is 19.2 Å². The molecule has 0 heterocycles. The normalized spacial score (nSPS) is 10.1. The minimum Gasteiger partial charge on any atom is -0.467 e. The van der Waals surface area contributed by atoms with E-state index in [0.29, 0.717) is 12.4 Å². The van der Waals surface area contributed by atoms with Crippen LogP contribution in [0.25, 0.3) is 0 Å². The zero-order valence-electron chi connectivity index (χ0n) is 8.75. The predicted molar refractivity (Wildman–Crippen MR) is 53.5 cm³/mol. The molecule has 0 amide bonds. The van der Waals surface area contributed by atoms with E-state index >= 15 is 0 Å². The molecule has 82 valence electrons. The van der Waals surface area contributed by atoms with Gasteiger partial charge in [0.2, 0.25) is 0 Å². The van der Waals surface area contributed by atoms with E-state index in [1.165, 1.54) is 19.1 Å². The molecule has 0 bridgehead atoms. The van der Waals surface area contributed by atoms with Crippen LogP contribution in [0.1, 0.15) is 24.2 Å². The van der Waals surface area contributed by atoms with Crippen molar-refractivity contribution < 1.29 is 18.7 Å². The molecule has 0 saturated heterocycles. The molecule has 1 aromatic rings. The number of ether oxygens (including phenoxy) is 2. The van der Waals surface area contributed by atoms with Crippen molar-refractivity contribution in [3.05, 3.63) is 29.6 Å². The van der Waals surface area contributed by atoms with Gasteiger partial charge in [0.15, 0.2) is 12.6 Å². The lowest BCUT2D eigenvalue weighted by molar-refractivity contribution is 0.0222. The third kappa shape index (κ3) is 3.32. The van der Waals surface area contributed by atoms with Crippen molar-refractivity contribution in [2.24, 2.45) is 0 Å². The van der Waals surface area contributed by atoms with E-state index in [1.54, 1.807) is 6.07 Å². The second-order valence-electron chi connectivity index (χ2n) is 2.95. The predicted octanol–water partition coefficient (Wildman–Crippen LogP) is 2.40. The molecule has 1 aromatic carbocycles. The number of hydrogen-bond acceptors (Lipinski definition) is 3. The molecule has 0 aliphatic rings. The van der Waals surface area contributed by atoms with Crippen LogP contribution in [0.15, 0.2) is 18.2 Å². The lowest BCUT2D eigenvalue weighted by Gasteiger charge is -2.06. The highest BCUT2D eigenvalue weighted by Gasteiger charge is 2.07. The third-order valence-electron chi connectivity index (χ3n) is 1.83. The van der Waals surface area contributed by atoms with Crippen molar-refractivity contribution in [1.82, 2.24) is 0 Å². The fourth-order valence-electron chi connectivity index (χ4n) is 1.06. The molecule has 0 aliphatic carbocycles. The minimum atomic E-state index is -0.573. The van der Waals surface area contributed by atoms with Gasteiger partial charge >= 0.3 is 0 Å². The summed E-state index contributed by atoms with van der Waals surface area (Å²) in [6.07, 6.45) is 0. The van der Waals surface area contributed by atoms with Crippen LogP contribution in [0, 0.1) is 5.82 Å². The van der Waals surface area contributed by atoms with E-state index in [-0.39, 0.29) is 18.1 Å². The van der Waals surface area contributed by atoms with Crippen molar-refractivity contribution in [3.8, 4) is 5.75 Å². The molecule has 0 atom stereocenters. The molecule has 0 spiro atoms. The molecule has 0 N–H and O–H groups in total. The molecule has 0 aliphatic heterocycles. The molecule has 1 rings (SSSR count). The molecule has 3 nitrogen and oxygen atoms in total. The summed E-state index contributed by atoms with van der Waals surface area (Å²) in [4.78, 5) is 10.9. The van der Waals surface area contributed by atoms with Crippen molar-refractivity contribution in [3.63, 3.8) is 0 Å². The summed E-state index contributed by atoms with van der Waals surface area (Å²) in [6.45, 7) is 3.77. The summed E-state index contributed by atoms with van der Waals surface area (Å²) in [5.41, 5.74) is 0.0683. The Morgan fingerprint density at radius 3 is 2.73 bits per heavy atom. The Morgan fingerprint density at radius 2 is 2.20 bits per heavy atom. The number of halogens is 1. The SMILES string of the molecule is CCOCOc1ccc(C(C)=O)c(F)c1. The average Bonchev–Trinajstić information content (AvgIpc) is 2.17. The van der Waals surface area contributed by atoms with Gasteiger partial charge in [0.1, 0.15) is 11.6 Å². The van der Waals surface area contributed by atoms with Gasteiger partial charge in [0.05, 0.1) is 5.56 Å². The summed E-state index contributed by atoms with van der Waals surface area (Å²) in [5.74, 6) is -0.522. The quantitative estimate of drug-likeness (QED) is 0.427.